The van der Waals surface area contributed by atoms with Crippen molar-refractivity contribution in [1.82, 2.24) is 15.2 Å². The number of carbonyl (C=O) groups is 3. The van der Waals surface area contributed by atoms with Crippen molar-refractivity contribution in [2.24, 2.45) is 0 Å². The first-order chi connectivity index (χ1) is 16.6. The maximum absolute atomic E-state index is 13.4. The molecule has 5 rings (SSSR count). The molecule has 2 aliphatic rings. The van der Waals surface area contributed by atoms with Crippen molar-refractivity contribution in [2.45, 2.75) is 38.4 Å². The highest BCUT2D eigenvalue weighted by Gasteiger charge is 2.47. The number of anilines is 1. The Bertz CT molecular complexity index is 1230. The van der Waals surface area contributed by atoms with Crippen LogP contribution in [0, 0.1) is 0 Å². The van der Waals surface area contributed by atoms with Crippen LogP contribution < -0.4 is 10.2 Å². The van der Waals surface area contributed by atoms with E-state index in [9.17, 15) is 14.4 Å². The van der Waals surface area contributed by atoms with Crippen LogP contribution in [-0.4, -0.2) is 34.2 Å². The summed E-state index contributed by atoms with van der Waals surface area (Å²) >= 11 is 0. The molecule has 0 bridgehead atoms. The topological polar surface area (TPSA) is 82.6 Å². The summed E-state index contributed by atoms with van der Waals surface area (Å²) in [5.41, 5.74) is 3.56. The Morgan fingerprint density at radius 1 is 0.853 bits per heavy atom. The van der Waals surface area contributed by atoms with Gasteiger partial charge in [0, 0.05) is 30.3 Å². The van der Waals surface area contributed by atoms with Crippen molar-refractivity contribution >= 4 is 23.4 Å². The predicted molar refractivity (Wildman–Crippen MR) is 128 cm³/mol. The third-order valence-electron chi connectivity index (χ3n) is 6.38. The number of aromatic nitrogens is 1. The first-order valence-corrected chi connectivity index (χ1v) is 11.6. The molecule has 0 aliphatic carbocycles. The monoisotopic (exact) mass is 454 g/mol. The minimum atomic E-state index is -0.423. The van der Waals surface area contributed by atoms with Gasteiger partial charge in [-0.2, -0.15) is 0 Å². The minimum Gasteiger partial charge on any atom is -0.350 e. The number of rotatable bonds is 8. The van der Waals surface area contributed by atoms with Gasteiger partial charge in [0.05, 0.1) is 23.5 Å². The van der Waals surface area contributed by atoms with E-state index in [1.807, 2.05) is 60.7 Å². The number of hydrogen-bond donors (Lipinski definition) is 1. The van der Waals surface area contributed by atoms with Crippen LogP contribution in [0.5, 0.6) is 0 Å². The van der Waals surface area contributed by atoms with Crippen molar-refractivity contribution in [2.75, 3.05) is 11.4 Å². The van der Waals surface area contributed by atoms with Gasteiger partial charge in [-0.1, -0.05) is 42.8 Å². The fraction of sp³-hybridized carbons (Fsp3) is 0.259. The van der Waals surface area contributed by atoms with Crippen LogP contribution >= 0.6 is 0 Å². The number of nitrogens with one attached hydrogen (secondary N) is 1. The molecule has 0 fully saturated rings. The molecule has 34 heavy (non-hydrogen) atoms. The highest BCUT2D eigenvalue weighted by Crippen LogP contribution is 2.45. The molecule has 2 aromatic carbocycles. The first kappa shape index (κ1) is 21.8. The molecule has 0 saturated heterocycles. The van der Waals surface area contributed by atoms with Crippen molar-refractivity contribution in [3.05, 3.63) is 95.3 Å². The summed E-state index contributed by atoms with van der Waals surface area (Å²) in [6.07, 6.45) is 4.01. The van der Waals surface area contributed by atoms with Crippen LogP contribution in [0.25, 0.3) is 0 Å². The quantitative estimate of drug-likeness (QED) is 0.520. The lowest BCUT2D eigenvalue weighted by Crippen LogP contribution is -2.48. The second kappa shape index (κ2) is 9.47. The van der Waals surface area contributed by atoms with E-state index in [0.717, 1.165) is 30.5 Å². The summed E-state index contributed by atoms with van der Waals surface area (Å²) < 4.78 is 0. The number of benzene rings is 2. The Balaban J connectivity index is 1.21. The molecular formula is C27H26N4O3. The van der Waals surface area contributed by atoms with Crippen molar-refractivity contribution in [3.63, 3.8) is 0 Å². The average Bonchev–Trinajstić information content (AvgIpc) is 3.17. The van der Waals surface area contributed by atoms with Crippen molar-refractivity contribution in [3.8, 4) is 0 Å². The maximum Gasteiger partial charge on any atom is 0.260 e. The van der Waals surface area contributed by atoms with Crippen molar-refractivity contribution in [1.29, 1.82) is 0 Å². The zero-order valence-corrected chi connectivity index (χ0v) is 18.8. The number of hydrogen-bond acceptors (Lipinski definition) is 4. The van der Waals surface area contributed by atoms with Gasteiger partial charge < -0.3 is 10.2 Å². The van der Waals surface area contributed by atoms with Crippen LogP contribution in [0.2, 0.25) is 0 Å². The number of para-hydroxylation sites is 1. The van der Waals surface area contributed by atoms with E-state index in [4.69, 9.17) is 0 Å². The van der Waals surface area contributed by atoms with Crippen LogP contribution in [0.15, 0.2) is 72.9 Å². The van der Waals surface area contributed by atoms with Gasteiger partial charge in [-0.05, 0) is 43.2 Å². The summed E-state index contributed by atoms with van der Waals surface area (Å²) in [7, 11) is 0. The molecule has 0 radical (unpaired) electrons. The Morgan fingerprint density at radius 3 is 2.44 bits per heavy atom. The Kier molecular flexibility index (Phi) is 6.08. The molecular weight excluding hydrogens is 428 g/mol. The third-order valence-corrected chi connectivity index (χ3v) is 6.38. The molecule has 7 heteroatoms. The fourth-order valence-corrected chi connectivity index (χ4v) is 4.72. The minimum absolute atomic E-state index is 0.00452. The summed E-state index contributed by atoms with van der Waals surface area (Å²) in [4.78, 5) is 46.5. The molecule has 7 nitrogen and oxygen atoms in total. The van der Waals surface area contributed by atoms with Gasteiger partial charge in [0.1, 0.15) is 6.17 Å². The second-order valence-electron chi connectivity index (χ2n) is 8.56. The van der Waals surface area contributed by atoms with Gasteiger partial charge >= 0.3 is 0 Å². The number of amides is 3. The largest absolute Gasteiger partial charge is 0.350 e. The van der Waals surface area contributed by atoms with Gasteiger partial charge in [-0.3, -0.25) is 24.3 Å². The summed E-state index contributed by atoms with van der Waals surface area (Å²) in [6.45, 7) is 0.942. The molecule has 1 atom stereocenters. The normalized spacial score (nSPS) is 16.2. The Morgan fingerprint density at radius 2 is 1.62 bits per heavy atom. The number of fused-ring (bicyclic) bond motifs is 5. The third kappa shape index (κ3) is 4.05. The van der Waals surface area contributed by atoms with Crippen LogP contribution in [-0.2, 0) is 11.3 Å². The van der Waals surface area contributed by atoms with E-state index in [0.29, 0.717) is 36.3 Å². The highest BCUT2D eigenvalue weighted by atomic mass is 16.2. The SMILES string of the molecule is O=C(CCCCCN1C(=O)c2ccccc2N2C(=O)c3ccccc3[C@H]12)NCc1ccccn1. The van der Waals surface area contributed by atoms with E-state index < -0.39 is 6.17 Å². The number of pyridine rings is 1. The van der Waals surface area contributed by atoms with Gasteiger partial charge in [-0.15, -0.1) is 0 Å². The summed E-state index contributed by atoms with van der Waals surface area (Å²) in [6, 6.07) is 20.4. The molecule has 0 spiro atoms. The molecule has 1 aromatic heterocycles. The molecule has 172 valence electrons. The first-order valence-electron chi connectivity index (χ1n) is 11.6. The summed E-state index contributed by atoms with van der Waals surface area (Å²) in [5, 5.41) is 2.89. The van der Waals surface area contributed by atoms with Gasteiger partial charge in [0.15, 0.2) is 0 Å². The Labute approximate surface area is 198 Å². The number of nitrogens with zero attached hydrogens (tertiary/aromatic N) is 3. The molecule has 1 N–H and O–H groups in total. The number of unbranched alkanes of at least 4 members (excludes halogenated alkanes) is 2. The summed E-state index contributed by atoms with van der Waals surface area (Å²) in [5.74, 6) is -0.139. The van der Waals surface area contributed by atoms with E-state index in [1.165, 1.54) is 0 Å². The van der Waals surface area contributed by atoms with Crippen LogP contribution in [0.1, 0.15) is 63.8 Å². The lowest BCUT2D eigenvalue weighted by atomic mass is 10.0. The van der Waals surface area contributed by atoms with Crippen molar-refractivity contribution < 1.29 is 14.4 Å². The van der Waals surface area contributed by atoms with Crippen LogP contribution in [0.3, 0.4) is 0 Å². The molecule has 0 saturated carbocycles. The zero-order valence-electron chi connectivity index (χ0n) is 18.8. The van der Waals surface area contributed by atoms with E-state index >= 15 is 0 Å². The van der Waals surface area contributed by atoms with E-state index in [-0.39, 0.29) is 17.7 Å². The van der Waals surface area contributed by atoms with Gasteiger partial charge in [0.2, 0.25) is 5.91 Å². The molecule has 3 heterocycles. The van der Waals surface area contributed by atoms with E-state index in [1.54, 1.807) is 22.1 Å². The lowest BCUT2D eigenvalue weighted by Gasteiger charge is -2.41. The maximum atomic E-state index is 13.4. The van der Waals surface area contributed by atoms with Crippen LogP contribution in [0.4, 0.5) is 5.69 Å². The zero-order chi connectivity index (χ0) is 23.5. The molecule has 2 aliphatic heterocycles. The molecule has 3 aromatic rings. The predicted octanol–water partition coefficient (Wildman–Crippen LogP) is 4.07. The van der Waals surface area contributed by atoms with Gasteiger partial charge in [0.25, 0.3) is 11.8 Å². The number of carbonyl (C=O) groups excluding carboxylic acids is 3. The second-order valence-corrected chi connectivity index (χ2v) is 8.56. The average molecular weight is 455 g/mol. The molecule has 3 amide bonds. The smallest absolute Gasteiger partial charge is 0.260 e. The van der Waals surface area contributed by atoms with E-state index in [2.05, 4.69) is 10.3 Å². The molecule has 0 unspecified atom stereocenters. The van der Waals surface area contributed by atoms with Gasteiger partial charge in [-0.25, -0.2) is 0 Å². The fourth-order valence-electron chi connectivity index (χ4n) is 4.72. The standard InChI is InChI=1S/C27H26N4O3/c32-24(29-18-19-10-7-8-16-28-19)15-2-1-9-17-30-25-20-11-3-4-12-21(20)27(34)31(25)23-14-6-5-13-22(23)26(30)33/h3-8,10-14,16,25H,1-2,9,15,17-18H2,(H,29,32)/t25-/m1/s1. The highest BCUT2D eigenvalue weighted by molar-refractivity contribution is 6.16. The Hall–Kier alpha value is -4.00. The lowest BCUT2D eigenvalue weighted by molar-refractivity contribution is -0.121.